The molecule has 0 amide bonds. The number of rotatable bonds is 0. The predicted molar refractivity (Wildman–Crippen MR) is 15.7 cm³/mol. The summed E-state index contributed by atoms with van der Waals surface area (Å²) < 4.78 is 22.5. The monoisotopic (exact) mass is 217 g/mol. The van der Waals surface area contributed by atoms with Crippen molar-refractivity contribution >= 4 is 0 Å². The van der Waals surface area contributed by atoms with Gasteiger partial charge in [-0.05, 0) is 0 Å². The van der Waals surface area contributed by atoms with E-state index in [1.54, 1.807) is 0 Å². The van der Waals surface area contributed by atoms with Crippen molar-refractivity contribution in [3.8, 4) is 0 Å². The molecule has 0 fully saturated rings. The van der Waals surface area contributed by atoms with E-state index in [2.05, 4.69) is 20.0 Å². The minimum Gasteiger partial charge on any atom is -0.870 e. The molecule has 0 spiro atoms. The van der Waals surface area contributed by atoms with E-state index in [1.807, 2.05) is 0 Å². The van der Waals surface area contributed by atoms with Crippen LogP contribution in [0.5, 0.6) is 0 Å². The van der Waals surface area contributed by atoms with E-state index in [0.717, 1.165) is 0 Å². The third-order valence-corrected chi connectivity index (χ3v) is 0. The largest absolute Gasteiger partial charge is 0.870 e. The molecule has 0 bridgehead atoms. The Bertz CT molecular complexity index is 40.7. The summed E-state index contributed by atoms with van der Waals surface area (Å²) in [5.41, 5.74) is 0. The van der Waals surface area contributed by atoms with Crippen molar-refractivity contribution in [1.82, 2.24) is 0 Å². The predicted octanol–water partition coefficient (Wildman–Crippen LogP) is -0.469. The molecule has 0 saturated heterocycles. The van der Waals surface area contributed by atoms with Gasteiger partial charge in [0.05, 0.1) is 0 Å². The first-order valence-corrected chi connectivity index (χ1v) is 0.612. The maximum Gasteiger partial charge on any atom is -0.870 e. The van der Waals surface area contributed by atoms with Crippen LogP contribution in [-0.2, 0) is 34.1 Å². The van der Waals surface area contributed by atoms with Crippen LogP contribution >= 0.6 is 0 Å². The molecule has 0 atom stereocenters. The van der Waals surface area contributed by atoms with Crippen molar-refractivity contribution in [3.05, 3.63) is 20.0 Å². The van der Waals surface area contributed by atoms with Crippen molar-refractivity contribution in [2.24, 2.45) is 0 Å². The molecule has 5 nitrogen and oxygen atoms in total. The van der Waals surface area contributed by atoms with E-state index >= 15 is 0 Å². The molecular weight excluding hydrogens is 215 g/mol. The Morgan fingerprint density at radius 3 is 0.556 bits per heavy atom. The standard InChI is InChI=1S/3CO.2H2O.Tc/c3*1-2;;;/h;;;2*1H2;/p-2/i;;;;;1+1. The van der Waals surface area contributed by atoms with Crippen molar-refractivity contribution < 1.29 is 45.0 Å². The maximum atomic E-state index is 7.50. The smallest absolute Gasteiger partial charge is 0.870 e. The molecule has 0 saturated carbocycles. The summed E-state index contributed by atoms with van der Waals surface area (Å²) in [6.45, 7) is 13.5. The molecule has 53 valence electrons. The Morgan fingerprint density at radius 1 is 0.556 bits per heavy atom. The molecule has 0 heterocycles. The van der Waals surface area contributed by atoms with Crippen LogP contribution in [0.25, 0.3) is 0 Å². The van der Waals surface area contributed by atoms with Crippen LogP contribution in [0.2, 0.25) is 0 Å². The first-order chi connectivity index (χ1) is 3.00. The normalized spacial score (nSPS) is 0.667. The number of hydrogen-bond donors (Lipinski definition) is 0. The molecule has 0 aromatic heterocycles. The second-order valence-corrected chi connectivity index (χ2v) is 0. The molecule has 0 aromatic carbocycles. The van der Waals surface area contributed by atoms with Gasteiger partial charge in [-0.1, -0.05) is 0 Å². The zero-order valence-corrected chi connectivity index (χ0v) is 5.86. The van der Waals surface area contributed by atoms with Crippen LogP contribution in [0, 0.1) is 20.0 Å². The minimum atomic E-state index is 0. The fourth-order valence-corrected chi connectivity index (χ4v) is 0. The van der Waals surface area contributed by atoms with E-state index < -0.39 is 0 Å². The van der Waals surface area contributed by atoms with Crippen molar-refractivity contribution in [2.75, 3.05) is 0 Å². The topological polar surface area (TPSA) is 120 Å². The van der Waals surface area contributed by atoms with Gasteiger partial charge in [0.15, 0.2) is 0 Å². The first kappa shape index (κ1) is 68.5. The van der Waals surface area contributed by atoms with Gasteiger partial charge in [0.1, 0.15) is 0 Å². The van der Waals surface area contributed by atoms with E-state index in [1.165, 1.54) is 0 Å². The van der Waals surface area contributed by atoms with Crippen LogP contribution in [0.3, 0.4) is 0 Å². The molecule has 0 unspecified atom stereocenters. The third kappa shape index (κ3) is 5880. The molecule has 0 aliphatic carbocycles. The van der Waals surface area contributed by atoms with E-state index in [4.69, 9.17) is 14.0 Å². The van der Waals surface area contributed by atoms with Crippen molar-refractivity contribution in [2.45, 2.75) is 0 Å². The van der Waals surface area contributed by atoms with E-state index in [0.29, 0.717) is 0 Å². The minimum absolute atomic E-state index is 0. The average Bonchev–Trinajstić information content (AvgIpc) is 1.81. The maximum absolute atomic E-state index is 7.50. The fraction of sp³-hybridized carbons (Fsp3) is 0. The molecule has 0 aliphatic rings. The van der Waals surface area contributed by atoms with Gasteiger partial charge in [-0.15, -0.1) is 0 Å². The van der Waals surface area contributed by atoms with Gasteiger partial charge in [-0.3, -0.25) is 0 Å². The Kier molecular flexibility index (Phi) is 61600. The molecule has 0 rings (SSSR count). The Labute approximate surface area is 65.6 Å². The first-order valence-electron chi connectivity index (χ1n) is 0.612. The van der Waals surface area contributed by atoms with E-state index in [-0.39, 0.29) is 31.1 Å². The molecular formula is C3H2O5Tc-2. The fourth-order valence-electron chi connectivity index (χ4n) is 0. The van der Waals surface area contributed by atoms with Gasteiger partial charge in [0, 0.05) is 20.1 Å². The number of hydrogen-bond acceptors (Lipinski definition) is 2. The molecule has 0 aromatic rings. The summed E-state index contributed by atoms with van der Waals surface area (Å²) in [6, 6.07) is 0. The van der Waals surface area contributed by atoms with Crippen LogP contribution in [0.1, 0.15) is 0 Å². The van der Waals surface area contributed by atoms with Crippen LogP contribution in [-0.4, -0.2) is 11.0 Å². The molecule has 0 aliphatic heterocycles. The molecule has 6 heteroatoms. The zero-order valence-electron chi connectivity index (χ0n) is 4.00. The summed E-state index contributed by atoms with van der Waals surface area (Å²) >= 11 is 0. The van der Waals surface area contributed by atoms with Gasteiger partial charge >= 0.3 is 33.9 Å². The molecule has 9 heavy (non-hydrogen) atoms. The summed E-state index contributed by atoms with van der Waals surface area (Å²) in [5, 5.41) is 0. The van der Waals surface area contributed by atoms with Gasteiger partial charge in [-0.25, -0.2) is 0 Å². The Morgan fingerprint density at radius 2 is 0.556 bits per heavy atom. The van der Waals surface area contributed by atoms with Crippen LogP contribution < -0.4 is 0 Å². The average molecular weight is 217 g/mol. The van der Waals surface area contributed by atoms with Gasteiger partial charge in [0.2, 0.25) is 0 Å². The Hall–Kier alpha value is -0.211. The van der Waals surface area contributed by atoms with Gasteiger partial charge < -0.3 is 11.0 Å². The SMILES string of the molecule is [99Tc].[C-]#[O+].[C-]#[O+].[C-]#[O+].[OH-].[OH-]. The second-order valence-electron chi connectivity index (χ2n) is 0. The quantitative estimate of drug-likeness (QED) is 0.402. The molecule has 2 N–H and O–H groups in total. The van der Waals surface area contributed by atoms with Crippen LogP contribution in [0.15, 0.2) is 0 Å². The Balaban J connectivity index is -0.00000000321. The van der Waals surface area contributed by atoms with Gasteiger partial charge in [-0.2, -0.15) is 0 Å². The second kappa shape index (κ2) is 8090. The van der Waals surface area contributed by atoms with Gasteiger partial charge in [0.25, 0.3) is 0 Å². The summed E-state index contributed by atoms with van der Waals surface area (Å²) in [5.74, 6) is 0. The summed E-state index contributed by atoms with van der Waals surface area (Å²) in [6.07, 6.45) is 0. The van der Waals surface area contributed by atoms with Crippen LogP contribution in [0.4, 0.5) is 0 Å². The summed E-state index contributed by atoms with van der Waals surface area (Å²) in [7, 11) is 0. The van der Waals surface area contributed by atoms with E-state index in [9.17, 15) is 0 Å². The third-order valence-electron chi connectivity index (χ3n) is 0. The zero-order chi connectivity index (χ0) is 6.00. The van der Waals surface area contributed by atoms with Crippen molar-refractivity contribution in [1.29, 1.82) is 0 Å². The molecule has 1 radical (unpaired) electrons. The van der Waals surface area contributed by atoms with Crippen molar-refractivity contribution in [3.63, 3.8) is 0 Å². The summed E-state index contributed by atoms with van der Waals surface area (Å²) in [4.78, 5) is 0.